The van der Waals surface area contributed by atoms with Crippen LogP contribution in [0, 0.1) is 0 Å². The van der Waals surface area contributed by atoms with Gasteiger partial charge in [0.1, 0.15) is 9.88 Å². The van der Waals surface area contributed by atoms with E-state index in [0.29, 0.717) is 22.9 Å². The van der Waals surface area contributed by atoms with Crippen molar-refractivity contribution in [3.8, 4) is 11.5 Å². The van der Waals surface area contributed by atoms with Crippen molar-refractivity contribution >= 4 is 33.5 Å². The molecule has 3 heterocycles. The van der Waals surface area contributed by atoms with Crippen LogP contribution in [0.5, 0.6) is 11.5 Å². The predicted molar refractivity (Wildman–Crippen MR) is 105 cm³/mol. The highest BCUT2D eigenvalue weighted by Gasteiger charge is 2.29. The molecule has 0 atom stereocenters. The standard InChI is InChI=1S/C19H20N4O3S/c20-16-15-11-3-1-2-4-12(11)22-23-19(15)27-17(16)18(24)21-8-10-5-6-13-14(7-10)26-9-25-13/h5-7,22-23H,1-4,8-9,20H2,(H,21,24). The van der Waals surface area contributed by atoms with Crippen LogP contribution in [0.3, 0.4) is 0 Å². The van der Waals surface area contributed by atoms with Gasteiger partial charge in [-0.05, 0) is 49.0 Å². The first kappa shape index (κ1) is 16.3. The molecule has 0 bridgehead atoms. The molecule has 1 aromatic carbocycles. The fourth-order valence-corrected chi connectivity index (χ4v) is 4.78. The molecule has 0 spiro atoms. The van der Waals surface area contributed by atoms with Crippen molar-refractivity contribution in [1.82, 2.24) is 10.7 Å². The minimum atomic E-state index is -0.163. The number of hydrazine groups is 1. The number of hydrogen-bond acceptors (Lipinski definition) is 7. The lowest BCUT2D eigenvalue weighted by atomic mass is 9.90. The van der Waals surface area contributed by atoms with E-state index in [1.165, 1.54) is 29.0 Å². The van der Waals surface area contributed by atoms with E-state index in [0.717, 1.165) is 41.1 Å². The number of anilines is 2. The lowest BCUT2D eigenvalue weighted by molar-refractivity contribution is 0.0955. The first-order valence-corrected chi connectivity index (χ1v) is 9.86. The summed E-state index contributed by atoms with van der Waals surface area (Å²) in [5.74, 6) is 1.28. The number of carbonyl (C=O) groups is 1. The maximum absolute atomic E-state index is 12.7. The number of thiophene rings is 1. The molecule has 0 fully saturated rings. The highest BCUT2D eigenvalue weighted by molar-refractivity contribution is 7.19. The number of hydrogen-bond donors (Lipinski definition) is 4. The van der Waals surface area contributed by atoms with Gasteiger partial charge in [-0.1, -0.05) is 6.07 Å². The SMILES string of the molecule is Nc1c(C(=O)NCc2ccc3c(c2)OCO3)sc2c1C1=C(CCCC1)NN2. The lowest BCUT2D eigenvalue weighted by Gasteiger charge is -2.27. The summed E-state index contributed by atoms with van der Waals surface area (Å²) in [6, 6.07) is 5.66. The van der Waals surface area contributed by atoms with Gasteiger partial charge >= 0.3 is 0 Å². The molecule has 0 saturated carbocycles. The molecule has 3 aliphatic rings. The predicted octanol–water partition coefficient (Wildman–Crippen LogP) is 3.20. The smallest absolute Gasteiger partial charge is 0.263 e. The molecule has 1 aliphatic carbocycles. The second kappa shape index (κ2) is 6.38. The van der Waals surface area contributed by atoms with Crippen molar-refractivity contribution in [3.05, 3.63) is 39.9 Å². The average Bonchev–Trinajstić information content (AvgIpc) is 3.30. The number of ether oxygens (including phenoxy) is 2. The monoisotopic (exact) mass is 384 g/mol. The van der Waals surface area contributed by atoms with E-state index >= 15 is 0 Å². The number of benzene rings is 1. The largest absolute Gasteiger partial charge is 0.454 e. The Hall–Kier alpha value is -2.87. The number of carbonyl (C=O) groups excluding carboxylic acids is 1. The van der Waals surface area contributed by atoms with E-state index in [4.69, 9.17) is 15.2 Å². The van der Waals surface area contributed by atoms with Crippen molar-refractivity contribution in [2.45, 2.75) is 32.2 Å². The van der Waals surface area contributed by atoms with Crippen LogP contribution in [-0.4, -0.2) is 12.7 Å². The normalized spacial score (nSPS) is 16.9. The summed E-state index contributed by atoms with van der Waals surface area (Å²) in [6.07, 6.45) is 4.34. The molecular weight excluding hydrogens is 364 g/mol. The van der Waals surface area contributed by atoms with Gasteiger partial charge in [0.15, 0.2) is 11.5 Å². The molecule has 8 heteroatoms. The molecule has 5 N–H and O–H groups in total. The lowest BCUT2D eigenvalue weighted by Crippen LogP contribution is -2.27. The van der Waals surface area contributed by atoms with Gasteiger partial charge < -0.3 is 25.9 Å². The van der Waals surface area contributed by atoms with Gasteiger partial charge in [-0.15, -0.1) is 11.3 Å². The van der Waals surface area contributed by atoms with E-state index in [1.807, 2.05) is 18.2 Å². The maximum Gasteiger partial charge on any atom is 0.263 e. The van der Waals surface area contributed by atoms with Crippen LogP contribution >= 0.6 is 11.3 Å². The van der Waals surface area contributed by atoms with Gasteiger partial charge in [-0.25, -0.2) is 0 Å². The van der Waals surface area contributed by atoms with Gasteiger partial charge in [0.2, 0.25) is 6.79 Å². The Morgan fingerprint density at radius 1 is 1.19 bits per heavy atom. The summed E-state index contributed by atoms with van der Waals surface area (Å²) >= 11 is 1.39. The Labute approximate surface area is 160 Å². The van der Waals surface area contributed by atoms with Gasteiger partial charge in [0.05, 0.1) is 5.69 Å². The number of nitrogen functional groups attached to an aromatic ring is 1. The Morgan fingerprint density at radius 2 is 2.04 bits per heavy atom. The molecule has 7 nitrogen and oxygen atoms in total. The first-order chi connectivity index (χ1) is 13.2. The highest BCUT2D eigenvalue weighted by atomic mass is 32.1. The number of fused-ring (bicyclic) bond motifs is 3. The summed E-state index contributed by atoms with van der Waals surface area (Å²) in [6.45, 7) is 0.637. The van der Waals surface area contributed by atoms with Crippen LogP contribution in [0.4, 0.5) is 10.7 Å². The molecule has 27 heavy (non-hydrogen) atoms. The average molecular weight is 384 g/mol. The van der Waals surface area contributed by atoms with E-state index in [1.54, 1.807) is 0 Å². The molecule has 2 aliphatic heterocycles. The third kappa shape index (κ3) is 2.76. The molecule has 1 amide bonds. The summed E-state index contributed by atoms with van der Waals surface area (Å²) in [5, 5.41) is 3.88. The van der Waals surface area contributed by atoms with E-state index in [-0.39, 0.29) is 12.7 Å². The van der Waals surface area contributed by atoms with Crippen LogP contribution < -0.4 is 31.4 Å². The van der Waals surface area contributed by atoms with Crippen LogP contribution in [0.2, 0.25) is 0 Å². The Bertz CT molecular complexity index is 966. The van der Waals surface area contributed by atoms with Gasteiger partial charge in [0, 0.05) is 17.8 Å². The van der Waals surface area contributed by atoms with Crippen molar-refractivity contribution in [1.29, 1.82) is 0 Å². The number of allylic oxidation sites excluding steroid dienone is 2. The Morgan fingerprint density at radius 3 is 2.96 bits per heavy atom. The van der Waals surface area contributed by atoms with Crippen LogP contribution in [0.15, 0.2) is 23.9 Å². The molecular formula is C19H20N4O3S. The Balaban J connectivity index is 1.36. The zero-order valence-corrected chi connectivity index (χ0v) is 15.5. The van der Waals surface area contributed by atoms with E-state index < -0.39 is 0 Å². The zero-order chi connectivity index (χ0) is 18.4. The minimum absolute atomic E-state index is 0.163. The van der Waals surface area contributed by atoms with Crippen LogP contribution in [0.25, 0.3) is 5.57 Å². The number of rotatable bonds is 3. The summed E-state index contributed by atoms with van der Waals surface area (Å²) < 4.78 is 10.7. The topological polar surface area (TPSA) is 97.6 Å². The molecule has 0 saturated heterocycles. The van der Waals surface area contributed by atoms with Gasteiger partial charge in [0.25, 0.3) is 5.91 Å². The van der Waals surface area contributed by atoms with Crippen LogP contribution in [-0.2, 0) is 6.54 Å². The second-order valence-electron chi connectivity index (χ2n) is 6.83. The molecule has 0 unspecified atom stereocenters. The summed E-state index contributed by atoms with van der Waals surface area (Å²) in [4.78, 5) is 13.3. The van der Waals surface area contributed by atoms with E-state index in [9.17, 15) is 4.79 Å². The van der Waals surface area contributed by atoms with Crippen molar-refractivity contribution < 1.29 is 14.3 Å². The first-order valence-electron chi connectivity index (χ1n) is 9.04. The molecule has 2 aromatic rings. The zero-order valence-electron chi connectivity index (χ0n) is 14.7. The second-order valence-corrected chi connectivity index (χ2v) is 7.85. The molecule has 5 rings (SSSR count). The fourth-order valence-electron chi connectivity index (χ4n) is 3.77. The highest BCUT2D eigenvalue weighted by Crippen LogP contribution is 2.46. The van der Waals surface area contributed by atoms with E-state index in [2.05, 4.69) is 16.2 Å². The quantitative estimate of drug-likeness (QED) is 0.649. The molecule has 0 radical (unpaired) electrons. The number of nitrogens with one attached hydrogen (secondary N) is 3. The number of nitrogens with two attached hydrogens (primary N) is 1. The molecule has 140 valence electrons. The van der Waals surface area contributed by atoms with Gasteiger partial charge in [-0.2, -0.15) is 0 Å². The van der Waals surface area contributed by atoms with Crippen LogP contribution in [0.1, 0.15) is 46.5 Å². The summed E-state index contributed by atoms with van der Waals surface area (Å²) in [5.41, 5.74) is 17.8. The third-order valence-electron chi connectivity index (χ3n) is 5.14. The maximum atomic E-state index is 12.7. The van der Waals surface area contributed by atoms with Crippen molar-refractivity contribution in [3.63, 3.8) is 0 Å². The Kier molecular flexibility index (Phi) is 3.86. The summed E-state index contributed by atoms with van der Waals surface area (Å²) in [7, 11) is 0. The van der Waals surface area contributed by atoms with Crippen molar-refractivity contribution in [2.75, 3.05) is 18.0 Å². The fraction of sp³-hybridized carbons (Fsp3) is 0.316. The molecule has 1 aromatic heterocycles. The van der Waals surface area contributed by atoms with Gasteiger partial charge in [-0.3, -0.25) is 10.2 Å². The third-order valence-corrected chi connectivity index (χ3v) is 6.26. The van der Waals surface area contributed by atoms with Crippen molar-refractivity contribution in [2.24, 2.45) is 0 Å². The number of amides is 1. The minimum Gasteiger partial charge on any atom is -0.454 e.